The number of hydrogen-bond acceptors (Lipinski definition) is 2. The molecule has 0 heterocycles. The number of nitrogens with one attached hydrogen (secondary N) is 1. The largest absolute Gasteiger partial charge is 0.318 e. The maximum atomic E-state index is 5.50. The van der Waals surface area contributed by atoms with Gasteiger partial charge in [0.2, 0.25) is 0 Å². The van der Waals surface area contributed by atoms with E-state index in [0.29, 0.717) is 6.67 Å². The molecule has 90 valence electrons. The van der Waals surface area contributed by atoms with Crippen LogP contribution >= 0.6 is 0 Å². The molecule has 0 atom stereocenters. The highest BCUT2D eigenvalue weighted by molar-refractivity contribution is 5.42. The van der Waals surface area contributed by atoms with Gasteiger partial charge in [-0.05, 0) is 37.5 Å². The summed E-state index contributed by atoms with van der Waals surface area (Å²) in [5.41, 5.74) is 11.2. The molecule has 0 saturated carbocycles. The summed E-state index contributed by atoms with van der Waals surface area (Å²) in [6.45, 7) is 12.5. The summed E-state index contributed by atoms with van der Waals surface area (Å²) in [6, 6.07) is 4.51. The molecule has 1 aromatic carbocycles. The Morgan fingerprint density at radius 3 is 2.06 bits per heavy atom. The summed E-state index contributed by atoms with van der Waals surface area (Å²) in [6.07, 6.45) is 0. The van der Waals surface area contributed by atoms with Gasteiger partial charge in [0.15, 0.2) is 0 Å². The van der Waals surface area contributed by atoms with Gasteiger partial charge in [-0.15, -0.1) is 0 Å². The van der Waals surface area contributed by atoms with Gasteiger partial charge in [-0.2, -0.15) is 0 Å². The first kappa shape index (κ1) is 13.2. The van der Waals surface area contributed by atoms with Crippen LogP contribution in [0.15, 0.2) is 12.1 Å². The number of hydrogen-bond donors (Lipinski definition) is 2. The highest BCUT2D eigenvalue weighted by Gasteiger charge is 2.23. The van der Waals surface area contributed by atoms with E-state index in [1.165, 1.54) is 22.3 Å². The van der Waals surface area contributed by atoms with Crippen LogP contribution in [0.25, 0.3) is 0 Å². The molecule has 0 aliphatic heterocycles. The van der Waals surface area contributed by atoms with Crippen LogP contribution in [0.1, 0.15) is 36.1 Å². The fourth-order valence-corrected chi connectivity index (χ4v) is 2.72. The summed E-state index contributed by atoms with van der Waals surface area (Å²) in [7, 11) is 0. The molecule has 0 aromatic heterocycles. The van der Waals surface area contributed by atoms with Crippen molar-refractivity contribution in [3.63, 3.8) is 0 Å². The van der Waals surface area contributed by atoms with Gasteiger partial charge in [0.05, 0.1) is 0 Å². The van der Waals surface area contributed by atoms with Crippen LogP contribution in [0, 0.1) is 20.8 Å². The molecule has 1 aromatic rings. The molecular weight excluding hydrogens is 196 g/mol. The van der Waals surface area contributed by atoms with E-state index in [9.17, 15) is 0 Å². The highest BCUT2D eigenvalue weighted by Crippen LogP contribution is 2.29. The zero-order valence-corrected chi connectivity index (χ0v) is 11.1. The summed E-state index contributed by atoms with van der Waals surface area (Å²) in [4.78, 5) is 0. The maximum absolute atomic E-state index is 5.50. The minimum Gasteiger partial charge on any atom is -0.318 e. The van der Waals surface area contributed by atoms with E-state index in [1.807, 2.05) is 0 Å². The lowest BCUT2D eigenvalue weighted by atomic mass is 9.79. The Hall–Kier alpha value is -0.860. The minimum absolute atomic E-state index is 0.126. The number of benzene rings is 1. The molecule has 0 aliphatic carbocycles. The summed E-state index contributed by atoms with van der Waals surface area (Å²) in [5, 5.41) is 3.23. The third kappa shape index (κ3) is 2.83. The van der Waals surface area contributed by atoms with Crippen molar-refractivity contribution in [2.75, 3.05) is 13.2 Å². The van der Waals surface area contributed by atoms with Crippen molar-refractivity contribution in [1.82, 2.24) is 5.32 Å². The Kier molecular flexibility index (Phi) is 4.11. The van der Waals surface area contributed by atoms with Crippen molar-refractivity contribution in [3.05, 3.63) is 34.4 Å². The zero-order valence-electron chi connectivity index (χ0n) is 11.1. The molecule has 2 heteroatoms. The second-order valence-corrected chi connectivity index (χ2v) is 5.29. The van der Waals surface area contributed by atoms with E-state index >= 15 is 0 Å². The normalized spacial score (nSPS) is 11.9. The molecule has 0 amide bonds. The molecule has 2 nitrogen and oxygen atoms in total. The van der Waals surface area contributed by atoms with Crippen LogP contribution in [0.4, 0.5) is 0 Å². The first-order valence-electron chi connectivity index (χ1n) is 5.87. The van der Waals surface area contributed by atoms with Crippen molar-refractivity contribution in [2.45, 2.75) is 40.0 Å². The van der Waals surface area contributed by atoms with Gasteiger partial charge in [0.1, 0.15) is 0 Å². The van der Waals surface area contributed by atoms with Crippen LogP contribution in [0.2, 0.25) is 0 Å². The molecule has 0 unspecified atom stereocenters. The Balaban J connectivity index is 3.11. The van der Waals surface area contributed by atoms with Crippen LogP contribution in [-0.2, 0) is 5.41 Å². The van der Waals surface area contributed by atoms with Gasteiger partial charge in [-0.3, -0.25) is 0 Å². The Labute approximate surface area is 99.2 Å². The first-order chi connectivity index (χ1) is 7.38. The van der Waals surface area contributed by atoms with Gasteiger partial charge in [-0.25, -0.2) is 0 Å². The highest BCUT2D eigenvalue weighted by atomic mass is 15.0. The molecular formula is C14H24N2. The Bertz CT molecular complexity index is 344. The summed E-state index contributed by atoms with van der Waals surface area (Å²) >= 11 is 0. The molecule has 0 saturated heterocycles. The van der Waals surface area contributed by atoms with Gasteiger partial charge in [0, 0.05) is 18.6 Å². The lowest BCUT2D eigenvalue weighted by molar-refractivity contribution is 0.470. The fourth-order valence-electron chi connectivity index (χ4n) is 2.72. The third-order valence-electron chi connectivity index (χ3n) is 3.07. The van der Waals surface area contributed by atoms with Crippen molar-refractivity contribution in [2.24, 2.45) is 5.73 Å². The van der Waals surface area contributed by atoms with Crippen molar-refractivity contribution >= 4 is 0 Å². The monoisotopic (exact) mass is 220 g/mol. The molecule has 3 N–H and O–H groups in total. The van der Waals surface area contributed by atoms with Gasteiger partial charge in [0.25, 0.3) is 0 Å². The Morgan fingerprint density at radius 1 is 1.12 bits per heavy atom. The Morgan fingerprint density at radius 2 is 1.62 bits per heavy atom. The molecule has 16 heavy (non-hydrogen) atoms. The van der Waals surface area contributed by atoms with Gasteiger partial charge < -0.3 is 11.1 Å². The summed E-state index contributed by atoms with van der Waals surface area (Å²) in [5.74, 6) is 0. The average Bonchev–Trinajstić information content (AvgIpc) is 2.12. The number of aryl methyl sites for hydroxylation is 3. The fraction of sp³-hybridized carbons (Fsp3) is 0.571. The quantitative estimate of drug-likeness (QED) is 0.765. The number of nitrogens with two attached hydrogens (primary N) is 1. The standard InChI is InChI=1S/C14H24N2/c1-10-6-11(2)13(12(3)7-10)14(4,5)8-16-9-15/h6-7,16H,8-9,15H2,1-5H3. The molecule has 0 bridgehead atoms. The predicted octanol–water partition coefficient (Wildman–Crippen LogP) is 2.40. The predicted molar refractivity (Wildman–Crippen MR) is 70.7 cm³/mol. The van der Waals surface area contributed by atoms with Gasteiger partial charge in [-0.1, -0.05) is 31.5 Å². The van der Waals surface area contributed by atoms with Crippen molar-refractivity contribution in [3.8, 4) is 0 Å². The van der Waals surface area contributed by atoms with Crippen molar-refractivity contribution < 1.29 is 0 Å². The van der Waals surface area contributed by atoms with Crippen LogP contribution in [-0.4, -0.2) is 13.2 Å². The van der Waals surface area contributed by atoms with Gasteiger partial charge >= 0.3 is 0 Å². The van der Waals surface area contributed by atoms with E-state index in [4.69, 9.17) is 5.73 Å². The van der Waals surface area contributed by atoms with E-state index in [-0.39, 0.29) is 5.41 Å². The summed E-state index contributed by atoms with van der Waals surface area (Å²) < 4.78 is 0. The van der Waals surface area contributed by atoms with Crippen LogP contribution in [0.3, 0.4) is 0 Å². The topological polar surface area (TPSA) is 38.0 Å². The molecule has 0 fully saturated rings. The SMILES string of the molecule is Cc1cc(C)c(C(C)(C)CNCN)c(C)c1. The maximum Gasteiger partial charge on any atom is 0.0429 e. The lowest BCUT2D eigenvalue weighted by Crippen LogP contribution is -2.37. The van der Waals surface area contributed by atoms with Crippen molar-refractivity contribution in [1.29, 1.82) is 0 Å². The zero-order chi connectivity index (χ0) is 12.3. The first-order valence-corrected chi connectivity index (χ1v) is 5.87. The molecule has 0 aliphatic rings. The van der Waals surface area contributed by atoms with Crippen LogP contribution in [0.5, 0.6) is 0 Å². The average molecular weight is 220 g/mol. The van der Waals surface area contributed by atoms with E-state index in [1.54, 1.807) is 0 Å². The smallest absolute Gasteiger partial charge is 0.0429 e. The van der Waals surface area contributed by atoms with E-state index in [0.717, 1.165) is 6.54 Å². The second-order valence-electron chi connectivity index (χ2n) is 5.29. The number of rotatable bonds is 4. The molecule has 0 radical (unpaired) electrons. The second kappa shape index (κ2) is 4.98. The van der Waals surface area contributed by atoms with E-state index in [2.05, 4.69) is 52.1 Å². The van der Waals surface area contributed by atoms with Crippen LogP contribution < -0.4 is 11.1 Å². The molecule has 0 spiro atoms. The third-order valence-corrected chi connectivity index (χ3v) is 3.07. The van der Waals surface area contributed by atoms with E-state index < -0.39 is 0 Å². The molecule has 1 rings (SSSR count). The minimum atomic E-state index is 0.126. The lowest BCUT2D eigenvalue weighted by Gasteiger charge is -2.29.